The van der Waals surface area contributed by atoms with Gasteiger partial charge >= 0.3 is 5.97 Å². The van der Waals surface area contributed by atoms with Crippen molar-refractivity contribution < 1.29 is 27.9 Å². The Hall–Kier alpha value is -4.08. The Kier molecular flexibility index (Phi) is 6.63. The Bertz CT molecular complexity index is 1270. The maximum absolute atomic E-state index is 14.5. The molecule has 2 amide bonds. The second-order valence-electron chi connectivity index (χ2n) is 8.36. The molecule has 0 spiro atoms. The number of carbonyl (C=O) groups is 3. The van der Waals surface area contributed by atoms with Gasteiger partial charge < -0.3 is 15.0 Å². The van der Waals surface area contributed by atoms with Gasteiger partial charge in [0, 0.05) is 18.2 Å². The number of aromatic nitrogens is 2. The summed E-state index contributed by atoms with van der Waals surface area (Å²) in [6.07, 6.45) is 0. The number of esters is 1. The van der Waals surface area contributed by atoms with Crippen LogP contribution >= 0.6 is 0 Å². The Balaban J connectivity index is 1.67. The predicted octanol–water partition coefficient (Wildman–Crippen LogP) is 3.07. The lowest BCUT2D eigenvalue weighted by Crippen LogP contribution is -2.63. The van der Waals surface area contributed by atoms with E-state index in [1.54, 1.807) is 19.9 Å². The van der Waals surface area contributed by atoms with E-state index in [-0.39, 0.29) is 43.2 Å². The Labute approximate surface area is 200 Å². The van der Waals surface area contributed by atoms with Crippen molar-refractivity contribution in [3.63, 3.8) is 0 Å². The highest BCUT2D eigenvalue weighted by Crippen LogP contribution is 2.30. The van der Waals surface area contributed by atoms with Gasteiger partial charge in [-0.2, -0.15) is 5.10 Å². The zero-order chi connectivity index (χ0) is 25.2. The first-order chi connectivity index (χ1) is 16.7. The maximum Gasteiger partial charge on any atom is 0.358 e. The smallest absolute Gasteiger partial charge is 0.358 e. The molecular weight excluding hydrogens is 458 g/mol. The molecule has 0 bridgehead atoms. The molecule has 10 heteroatoms. The van der Waals surface area contributed by atoms with Crippen LogP contribution in [0.5, 0.6) is 0 Å². The Morgan fingerprint density at radius 1 is 1.14 bits per heavy atom. The van der Waals surface area contributed by atoms with E-state index in [4.69, 9.17) is 4.74 Å². The van der Waals surface area contributed by atoms with Gasteiger partial charge in [-0.1, -0.05) is 30.3 Å². The van der Waals surface area contributed by atoms with Crippen LogP contribution in [0.15, 0.2) is 54.6 Å². The molecule has 0 fully saturated rings. The van der Waals surface area contributed by atoms with Gasteiger partial charge in [-0.15, -0.1) is 0 Å². The summed E-state index contributed by atoms with van der Waals surface area (Å²) in [5, 5.41) is 6.96. The molecule has 0 saturated heterocycles. The number of ether oxygens (including phenoxy) is 1. The summed E-state index contributed by atoms with van der Waals surface area (Å²) in [6.45, 7) is 3.19. The first-order valence-electron chi connectivity index (χ1n) is 11.1. The van der Waals surface area contributed by atoms with E-state index in [0.717, 1.165) is 0 Å². The number of nitrogens with zero attached hydrogens (tertiary/aromatic N) is 3. The van der Waals surface area contributed by atoms with Gasteiger partial charge in [0.05, 0.1) is 19.7 Å². The summed E-state index contributed by atoms with van der Waals surface area (Å²) in [4.78, 5) is 40.4. The van der Waals surface area contributed by atoms with Crippen LogP contribution in [0.25, 0.3) is 0 Å². The number of fused-ring (bicyclic) bond motifs is 1. The molecule has 1 N–H and O–H groups in total. The van der Waals surface area contributed by atoms with Crippen molar-refractivity contribution in [2.24, 2.45) is 0 Å². The van der Waals surface area contributed by atoms with Crippen molar-refractivity contribution in [2.75, 3.05) is 6.61 Å². The minimum absolute atomic E-state index is 0.0583. The van der Waals surface area contributed by atoms with Crippen LogP contribution < -0.4 is 5.32 Å². The van der Waals surface area contributed by atoms with E-state index in [9.17, 15) is 23.2 Å². The minimum Gasteiger partial charge on any atom is -0.461 e. The number of hydrogen-bond acceptors (Lipinski definition) is 5. The van der Waals surface area contributed by atoms with Gasteiger partial charge in [-0.25, -0.2) is 13.6 Å². The van der Waals surface area contributed by atoms with Crippen LogP contribution in [0.1, 0.15) is 46.0 Å². The molecule has 2 heterocycles. The van der Waals surface area contributed by atoms with E-state index in [0.29, 0.717) is 5.56 Å². The largest absolute Gasteiger partial charge is 0.461 e. The Morgan fingerprint density at radius 3 is 2.54 bits per heavy atom. The summed E-state index contributed by atoms with van der Waals surface area (Å²) in [7, 11) is 0. The fourth-order valence-electron chi connectivity index (χ4n) is 3.97. The molecule has 2 aromatic carbocycles. The summed E-state index contributed by atoms with van der Waals surface area (Å²) in [5.41, 5.74) is -0.539. The monoisotopic (exact) mass is 482 g/mol. The summed E-state index contributed by atoms with van der Waals surface area (Å²) in [6, 6.07) is 12.9. The van der Waals surface area contributed by atoms with Gasteiger partial charge in [0.2, 0.25) is 5.91 Å². The number of rotatable bonds is 7. The van der Waals surface area contributed by atoms with Crippen LogP contribution in [0.3, 0.4) is 0 Å². The third-order valence-corrected chi connectivity index (χ3v) is 5.92. The third-order valence-electron chi connectivity index (χ3n) is 5.92. The van der Waals surface area contributed by atoms with Crippen molar-refractivity contribution in [1.29, 1.82) is 0 Å². The van der Waals surface area contributed by atoms with E-state index < -0.39 is 35.0 Å². The topological polar surface area (TPSA) is 93.5 Å². The fraction of sp³-hybridized carbons (Fsp3) is 0.280. The number of carbonyl (C=O) groups excluding carboxylic acids is 3. The highest BCUT2D eigenvalue weighted by Gasteiger charge is 2.48. The van der Waals surface area contributed by atoms with Crippen LogP contribution in [0, 0.1) is 11.6 Å². The van der Waals surface area contributed by atoms with Crippen LogP contribution in [0.4, 0.5) is 8.78 Å². The van der Waals surface area contributed by atoms with Crippen molar-refractivity contribution >= 4 is 17.8 Å². The average Bonchev–Trinajstić information content (AvgIpc) is 3.26. The van der Waals surface area contributed by atoms with Gasteiger partial charge in [-0.05, 0) is 37.6 Å². The van der Waals surface area contributed by atoms with Gasteiger partial charge in [0.15, 0.2) is 5.69 Å². The van der Waals surface area contributed by atoms with Crippen molar-refractivity contribution in [3.8, 4) is 0 Å². The predicted molar refractivity (Wildman–Crippen MR) is 121 cm³/mol. The minimum atomic E-state index is -1.47. The second kappa shape index (κ2) is 9.65. The first-order valence-corrected chi connectivity index (χ1v) is 11.1. The molecule has 4 rings (SSSR count). The molecule has 1 aliphatic rings. The molecule has 0 radical (unpaired) electrons. The lowest BCUT2D eigenvalue weighted by Gasteiger charge is -2.43. The molecule has 3 aromatic rings. The Morgan fingerprint density at radius 2 is 1.86 bits per heavy atom. The van der Waals surface area contributed by atoms with Crippen molar-refractivity contribution in [2.45, 2.75) is 39.0 Å². The normalized spacial score (nSPS) is 17.1. The molecule has 8 nitrogen and oxygen atoms in total. The van der Waals surface area contributed by atoms with Gasteiger partial charge in [-0.3, -0.25) is 14.3 Å². The van der Waals surface area contributed by atoms with E-state index in [1.807, 2.05) is 0 Å². The number of hydrogen-bond donors (Lipinski definition) is 1. The third kappa shape index (κ3) is 4.77. The lowest BCUT2D eigenvalue weighted by molar-refractivity contribution is -0.133. The standard InChI is InChI=1S/C25H24F2N4O4/c1-3-35-23(33)20-12-21-22(32)30(14-17-6-4-5-7-19(17)27)25(2,15-31(21)29-20)24(34)28-13-16-8-10-18(26)11-9-16/h4-12H,3,13-15H2,1-2H3,(H,28,34)/t25-/m0/s1. The summed E-state index contributed by atoms with van der Waals surface area (Å²) >= 11 is 0. The summed E-state index contributed by atoms with van der Waals surface area (Å²) in [5.74, 6) is -2.69. The molecule has 0 unspecified atom stereocenters. The first kappa shape index (κ1) is 24.1. The van der Waals surface area contributed by atoms with Crippen molar-refractivity contribution in [1.82, 2.24) is 20.0 Å². The molecule has 0 saturated carbocycles. The number of amides is 2. The molecular formula is C25H24F2N4O4. The van der Waals surface area contributed by atoms with E-state index in [1.165, 1.54) is 58.1 Å². The molecule has 1 atom stereocenters. The quantitative estimate of drug-likeness (QED) is 0.523. The number of nitrogens with one attached hydrogen (secondary N) is 1. The second-order valence-corrected chi connectivity index (χ2v) is 8.36. The highest BCUT2D eigenvalue weighted by molar-refractivity contribution is 6.01. The molecule has 1 aliphatic heterocycles. The molecule has 182 valence electrons. The molecule has 0 aliphatic carbocycles. The zero-order valence-corrected chi connectivity index (χ0v) is 19.3. The lowest BCUT2D eigenvalue weighted by atomic mass is 9.94. The highest BCUT2D eigenvalue weighted by atomic mass is 19.1. The van der Waals surface area contributed by atoms with Crippen LogP contribution in [0.2, 0.25) is 0 Å². The van der Waals surface area contributed by atoms with E-state index in [2.05, 4.69) is 10.4 Å². The van der Waals surface area contributed by atoms with Gasteiger partial charge in [0.1, 0.15) is 22.9 Å². The average molecular weight is 482 g/mol. The van der Waals surface area contributed by atoms with E-state index >= 15 is 0 Å². The number of benzene rings is 2. The number of halogens is 2. The van der Waals surface area contributed by atoms with Crippen LogP contribution in [-0.2, 0) is 29.2 Å². The zero-order valence-electron chi connectivity index (χ0n) is 19.3. The molecule has 35 heavy (non-hydrogen) atoms. The maximum atomic E-state index is 14.5. The van der Waals surface area contributed by atoms with Gasteiger partial charge in [0.25, 0.3) is 5.91 Å². The molecule has 1 aromatic heterocycles. The fourth-order valence-corrected chi connectivity index (χ4v) is 3.97. The summed E-state index contributed by atoms with van der Waals surface area (Å²) < 4.78 is 34.0. The van der Waals surface area contributed by atoms with Crippen LogP contribution in [-0.4, -0.2) is 44.6 Å². The SMILES string of the molecule is CCOC(=O)c1cc2n(n1)C[C@@](C)(C(=O)NCc1ccc(F)cc1)N(Cc1ccccc1F)C2=O. The van der Waals surface area contributed by atoms with Crippen molar-refractivity contribution in [3.05, 3.63) is 88.7 Å².